The highest BCUT2D eigenvalue weighted by molar-refractivity contribution is 5.86. The van der Waals surface area contributed by atoms with Gasteiger partial charge in [-0.05, 0) is 22.8 Å². The number of rotatable bonds is 3. The predicted octanol–water partition coefficient (Wildman–Crippen LogP) is 2.64. The van der Waals surface area contributed by atoms with Gasteiger partial charge in [0, 0.05) is 12.6 Å². The van der Waals surface area contributed by atoms with Gasteiger partial charge in [-0.25, -0.2) is 0 Å². The maximum Gasteiger partial charge on any atom is 0.0449 e. The van der Waals surface area contributed by atoms with Gasteiger partial charge in [0.25, 0.3) is 0 Å². The molecule has 0 fully saturated rings. The minimum atomic E-state index is -0.0823. The van der Waals surface area contributed by atoms with Crippen molar-refractivity contribution in [1.82, 2.24) is 0 Å². The molecule has 86 valence electrons. The van der Waals surface area contributed by atoms with Crippen LogP contribution in [0.4, 0.5) is 0 Å². The van der Waals surface area contributed by atoms with Gasteiger partial charge in [-0.3, -0.25) is 0 Å². The molecule has 0 amide bonds. The van der Waals surface area contributed by atoms with Gasteiger partial charge in [0.1, 0.15) is 0 Å². The van der Waals surface area contributed by atoms with E-state index in [0.29, 0.717) is 6.42 Å². The van der Waals surface area contributed by atoms with E-state index >= 15 is 0 Å². The summed E-state index contributed by atoms with van der Waals surface area (Å²) < 4.78 is 0. The molecule has 2 rings (SSSR count). The quantitative estimate of drug-likeness (QED) is 0.862. The molecule has 0 saturated heterocycles. The molecule has 0 aliphatic rings. The zero-order valence-electron chi connectivity index (χ0n) is 8.97. The van der Waals surface area contributed by atoms with Gasteiger partial charge in [0.05, 0.1) is 0 Å². The van der Waals surface area contributed by atoms with E-state index in [0.717, 1.165) is 5.56 Å². The molecule has 3 heteroatoms. The fourth-order valence-electron chi connectivity index (χ4n) is 1.87. The molecule has 1 unspecified atom stereocenters. The molecule has 0 aromatic heterocycles. The van der Waals surface area contributed by atoms with Crippen molar-refractivity contribution in [1.29, 1.82) is 0 Å². The Balaban J connectivity index is 0.00000128. The third-order valence-corrected chi connectivity index (χ3v) is 2.66. The highest BCUT2D eigenvalue weighted by atomic mass is 35.5. The smallest absolute Gasteiger partial charge is 0.0449 e. The number of hydrogen-bond donors (Lipinski definition) is 2. The van der Waals surface area contributed by atoms with Crippen molar-refractivity contribution in [2.45, 2.75) is 12.5 Å². The maximum atomic E-state index is 8.89. The number of fused-ring (bicyclic) bond motifs is 1. The summed E-state index contributed by atoms with van der Waals surface area (Å²) in [5, 5.41) is 11.3. The molecule has 1 atom stereocenters. The van der Waals surface area contributed by atoms with E-state index < -0.39 is 0 Å². The second kappa shape index (κ2) is 5.85. The standard InChI is InChI=1S/C13H15NO.ClH/c14-13(8-9-15)12-7-3-5-10-4-1-2-6-11(10)12;/h1-7,13,15H,8-9,14H2;1H. The van der Waals surface area contributed by atoms with Crippen molar-refractivity contribution < 1.29 is 5.11 Å². The van der Waals surface area contributed by atoms with E-state index in [1.54, 1.807) is 0 Å². The SMILES string of the molecule is Cl.NC(CCO)c1cccc2ccccc12. The molecule has 0 aliphatic carbocycles. The van der Waals surface area contributed by atoms with Crippen molar-refractivity contribution in [3.05, 3.63) is 48.0 Å². The minimum absolute atomic E-state index is 0. The summed E-state index contributed by atoms with van der Waals surface area (Å²) in [7, 11) is 0. The Hall–Kier alpha value is -1.09. The Kier molecular flexibility index (Phi) is 4.74. The largest absolute Gasteiger partial charge is 0.396 e. The predicted molar refractivity (Wildman–Crippen MR) is 69.8 cm³/mol. The zero-order valence-corrected chi connectivity index (χ0v) is 9.78. The molecule has 16 heavy (non-hydrogen) atoms. The van der Waals surface area contributed by atoms with E-state index in [1.807, 2.05) is 24.3 Å². The summed E-state index contributed by atoms with van der Waals surface area (Å²) in [4.78, 5) is 0. The van der Waals surface area contributed by atoms with E-state index in [-0.39, 0.29) is 25.1 Å². The van der Waals surface area contributed by atoms with Crippen LogP contribution in [0.3, 0.4) is 0 Å². The lowest BCUT2D eigenvalue weighted by Crippen LogP contribution is -2.12. The Bertz CT molecular complexity index is 453. The van der Waals surface area contributed by atoms with Crippen molar-refractivity contribution in [2.24, 2.45) is 5.73 Å². The number of halogens is 1. The van der Waals surface area contributed by atoms with Gasteiger partial charge >= 0.3 is 0 Å². The number of aliphatic hydroxyl groups excluding tert-OH is 1. The van der Waals surface area contributed by atoms with Crippen LogP contribution >= 0.6 is 12.4 Å². The average Bonchev–Trinajstić information content (AvgIpc) is 2.28. The minimum Gasteiger partial charge on any atom is -0.396 e. The Morgan fingerprint density at radius 2 is 1.75 bits per heavy atom. The second-order valence-corrected chi connectivity index (χ2v) is 3.69. The fourth-order valence-corrected chi connectivity index (χ4v) is 1.87. The Morgan fingerprint density at radius 1 is 1.06 bits per heavy atom. The number of aliphatic hydroxyl groups is 1. The van der Waals surface area contributed by atoms with Crippen LogP contribution in [-0.4, -0.2) is 11.7 Å². The third-order valence-electron chi connectivity index (χ3n) is 2.66. The van der Waals surface area contributed by atoms with E-state index in [4.69, 9.17) is 10.8 Å². The summed E-state index contributed by atoms with van der Waals surface area (Å²) >= 11 is 0. The van der Waals surface area contributed by atoms with Crippen LogP contribution in [0.1, 0.15) is 18.0 Å². The van der Waals surface area contributed by atoms with Crippen molar-refractivity contribution in [3.8, 4) is 0 Å². The van der Waals surface area contributed by atoms with Gasteiger partial charge in [-0.1, -0.05) is 42.5 Å². The summed E-state index contributed by atoms with van der Waals surface area (Å²) in [6.45, 7) is 0.129. The molecule has 2 aromatic rings. The van der Waals surface area contributed by atoms with Gasteiger partial charge in [0.15, 0.2) is 0 Å². The highest BCUT2D eigenvalue weighted by Crippen LogP contribution is 2.24. The number of hydrogen-bond acceptors (Lipinski definition) is 2. The van der Waals surface area contributed by atoms with Crippen LogP contribution in [0.15, 0.2) is 42.5 Å². The Labute approximate surface area is 101 Å². The van der Waals surface area contributed by atoms with Crippen LogP contribution in [0, 0.1) is 0 Å². The lowest BCUT2D eigenvalue weighted by molar-refractivity contribution is 0.277. The first-order valence-corrected chi connectivity index (χ1v) is 5.17. The average molecular weight is 238 g/mol. The van der Waals surface area contributed by atoms with Gasteiger partial charge < -0.3 is 10.8 Å². The monoisotopic (exact) mass is 237 g/mol. The summed E-state index contributed by atoms with van der Waals surface area (Å²) in [6.07, 6.45) is 0.605. The molecule has 0 spiro atoms. The lowest BCUT2D eigenvalue weighted by Gasteiger charge is -2.13. The molecule has 3 N–H and O–H groups in total. The molecule has 0 saturated carbocycles. The van der Waals surface area contributed by atoms with Crippen LogP contribution < -0.4 is 5.73 Å². The molecule has 0 bridgehead atoms. The van der Waals surface area contributed by atoms with Gasteiger partial charge in [-0.2, -0.15) is 0 Å². The summed E-state index contributed by atoms with van der Waals surface area (Å²) in [5.74, 6) is 0. The van der Waals surface area contributed by atoms with Gasteiger partial charge in [0.2, 0.25) is 0 Å². The molecular weight excluding hydrogens is 222 g/mol. The zero-order chi connectivity index (χ0) is 10.7. The van der Waals surface area contributed by atoms with E-state index in [9.17, 15) is 0 Å². The maximum absolute atomic E-state index is 8.89. The summed E-state index contributed by atoms with van der Waals surface area (Å²) in [6, 6.07) is 14.2. The van der Waals surface area contributed by atoms with Crippen LogP contribution in [0.5, 0.6) is 0 Å². The van der Waals surface area contributed by atoms with Crippen molar-refractivity contribution >= 4 is 23.2 Å². The molecule has 0 aliphatic heterocycles. The first-order valence-electron chi connectivity index (χ1n) is 5.17. The first-order chi connectivity index (χ1) is 7.33. The molecule has 0 heterocycles. The van der Waals surface area contributed by atoms with E-state index in [2.05, 4.69) is 18.2 Å². The van der Waals surface area contributed by atoms with Gasteiger partial charge in [-0.15, -0.1) is 12.4 Å². The summed E-state index contributed by atoms with van der Waals surface area (Å²) in [5.41, 5.74) is 7.12. The normalized spacial score (nSPS) is 12.1. The topological polar surface area (TPSA) is 46.2 Å². The molecule has 0 radical (unpaired) electrons. The fraction of sp³-hybridized carbons (Fsp3) is 0.231. The molecule has 2 nitrogen and oxygen atoms in total. The second-order valence-electron chi connectivity index (χ2n) is 3.69. The lowest BCUT2D eigenvalue weighted by atomic mass is 9.98. The van der Waals surface area contributed by atoms with Crippen LogP contribution in [-0.2, 0) is 0 Å². The van der Waals surface area contributed by atoms with Crippen molar-refractivity contribution in [2.75, 3.05) is 6.61 Å². The van der Waals surface area contributed by atoms with Crippen molar-refractivity contribution in [3.63, 3.8) is 0 Å². The highest BCUT2D eigenvalue weighted by Gasteiger charge is 2.08. The van der Waals surface area contributed by atoms with E-state index in [1.165, 1.54) is 10.8 Å². The number of nitrogens with two attached hydrogens (primary N) is 1. The van der Waals surface area contributed by atoms with Crippen LogP contribution in [0.2, 0.25) is 0 Å². The number of benzene rings is 2. The molecular formula is C13H16ClNO. The Morgan fingerprint density at radius 3 is 2.50 bits per heavy atom. The molecule has 2 aromatic carbocycles. The third kappa shape index (κ3) is 2.53. The van der Waals surface area contributed by atoms with Crippen LogP contribution in [0.25, 0.3) is 10.8 Å². The first kappa shape index (κ1) is 13.0.